The lowest BCUT2D eigenvalue weighted by atomic mass is 9.93. The number of hydrogen-bond acceptors (Lipinski definition) is 5. The molecule has 0 saturated carbocycles. The summed E-state index contributed by atoms with van der Waals surface area (Å²) in [6, 6.07) is 2.46. The third kappa shape index (κ3) is 5.30. The number of thiophene rings is 1. The number of carbonyl (C=O) groups is 2. The van der Waals surface area contributed by atoms with Gasteiger partial charge in [0.25, 0.3) is 5.91 Å². The molecule has 0 unspecified atom stereocenters. The van der Waals surface area contributed by atoms with Crippen LogP contribution in [0.3, 0.4) is 0 Å². The van der Waals surface area contributed by atoms with Gasteiger partial charge in [0, 0.05) is 49.6 Å². The van der Waals surface area contributed by atoms with E-state index in [1.54, 1.807) is 18.4 Å². The molecule has 7 heteroatoms. The molecule has 2 aliphatic rings. The average molecular weight is 394 g/mol. The Hall–Kier alpha value is -1.44. The van der Waals surface area contributed by atoms with Crippen molar-refractivity contribution in [3.8, 4) is 0 Å². The Morgan fingerprint density at radius 1 is 1.26 bits per heavy atom. The van der Waals surface area contributed by atoms with Crippen LogP contribution in [0.25, 0.3) is 0 Å². The van der Waals surface area contributed by atoms with Gasteiger partial charge in [-0.15, -0.1) is 11.3 Å². The number of carbonyl (C=O) groups excluding carboxylic acids is 2. The van der Waals surface area contributed by atoms with Crippen LogP contribution in [0.5, 0.6) is 0 Å². The predicted molar refractivity (Wildman–Crippen MR) is 107 cm³/mol. The van der Waals surface area contributed by atoms with E-state index in [1.807, 2.05) is 23.3 Å². The van der Waals surface area contributed by atoms with Crippen molar-refractivity contribution in [2.24, 2.45) is 5.92 Å². The molecule has 2 aliphatic heterocycles. The fourth-order valence-corrected chi connectivity index (χ4v) is 4.82. The highest BCUT2D eigenvalue weighted by molar-refractivity contribution is 7.10. The number of likely N-dealkylation sites (tertiary alicyclic amines) is 2. The molecule has 1 aromatic rings. The predicted octanol–water partition coefficient (Wildman–Crippen LogP) is 2.14. The Labute approximate surface area is 165 Å². The van der Waals surface area contributed by atoms with Gasteiger partial charge in [-0.05, 0) is 45.2 Å². The molecule has 0 spiro atoms. The number of nitrogens with zero attached hydrogens (tertiary/aromatic N) is 2. The fraction of sp³-hybridized carbons (Fsp3) is 0.700. The molecule has 0 aliphatic carbocycles. The number of rotatable bonds is 6. The summed E-state index contributed by atoms with van der Waals surface area (Å²) in [5, 5.41) is 4.94. The van der Waals surface area contributed by atoms with Crippen molar-refractivity contribution < 1.29 is 14.3 Å². The summed E-state index contributed by atoms with van der Waals surface area (Å²) < 4.78 is 5.00. The first-order chi connectivity index (χ1) is 13.1. The van der Waals surface area contributed by atoms with Gasteiger partial charge in [-0.2, -0.15) is 0 Å². The van der Waals surface area contributed by atoms with Crippen molar-refractivity contribution in [1.82, 2.24) is 15.1 Å². The third-order valence-electron chi connectivity index (χ3n) is 5.67. The zero-order valence-corrected chi connectivity index (χ0v) is 17.2. The Kier molecular flexibility index (Phi) is 7.26. The van der Waals surface area contributed by atoms with Crippen LogP contribution in [-0.2, 0) is 9.53 Å². The maximum absolute atomic E-state index is 12.6. The summed E-state index contributed by atoms with van der Waals surface area (Å²) in [6.45, 7) is 6.67. The molecule has 6 nitrogen and oxygen atoms in total. The summed E-state index contributed by atoms with van der Waals surface area (Å²) in [5.74, 6) is 0.382. The van der Waals surface area contributed by atoms with Crippen molar-refractivity contribution in [2.45, 2.75) is 38.6 Å². The molecule has 2 amide bonds. The van der Waals surface area contributed by atoms with Gasteiger partial charge in [-0.1, -0.05) is 0 Å². The van der Waals surface area contributed by atoms with E-state index in [1.165, 1.54) is 4.88 Å². The summed E-state index contributed by atoms with van der Waals surface area (Å²) >= 11 is 1.63. The maximum Gasteiger partial charge on any atom is 0.254 e. The molecule has 0 aromatic carbocycles. The third-order valence-corrected chi connectivity index (χ3v) is 6.54. The topological polar surface area (TPSA) is 61.9 Å². The number of piperidine rings is 2. The second-order valence-electron chi connectivity index (χ2n) is 7.59. The zero-order valence-electron chi connectivity index (χ0n) is 16.4. The molecule has 0 bridgehead atoms. The number of amides is 2. The monoisotopic (exact) mass is 393 g/mol. The largest absolute Gasteiger partial charge is 0.383 e. The van der Waals surface area contributed by atoms with Crippen molar-refractivity contribution in [3.05, 3.63) is 21.9 Å². The molecule has 1 N–H and O–H groups in total. The SMILES string of the molecule is COCCNC(=O)[C@@H]1CCCN(C2CCN(C(=O)c3csc(C)c3)CC2)C1. The van der Waals surface area contributed by atoms with Crippen molar-refractivity contribution in [2.75, 3.05) is 46.4 Å². The highest BCUT2D eigenvalue weighted by atomic mass is 32.1. The maximum atomic E-state index is 12.6. The van der Waals surface area contributed by atoms with E-state index in [0.29, 0.717) is 19.2 Å². The average Bonchev–Trinajstić information content (AvgIpc) is 3.14. The second-order valence-corrected chi connectivity index (χ2v) is 8.70. The van der Waals surface area contributed by atoms with E-state index in [9.17, 15) is 9.59 Å². The Bertz CT molecular complexity index is 640. The van der Waals surface area contributed by atoms with Crippen LogP contribution in [0, 0.1) is 12.8 Å². The van der Waals surface area contributed by atoms with Crippen LogP contribution in [0.2, 0.25) is 0 Å². The number of ether oxygens (including phenoxy) is 1. The van der Waals surface area contributed by atoms with Crippen LogP contribution < -0.4 is 5.32 Å². The number of aryl methyl sites for hydroxylation is 1. The molecule has 0 radical (unpaired) electrons. The Morgan fingerprint density at radius 3 is 2.70 bits per heavy atom. The minimum absolute atomic E-state index is 0.0732. The van der Waals surface area contributed by atoms with E-state index >= 15 is 0 Å². The van der Waals surface area contributed by atoms with Gasteiger partial charge in [0.15, 0.2) is 0 Å². The van der Waals surface area contributed by atoms with Gasteiger partial charge in [0.2, 0.25) is 5.91 Å². The first-order valence-electron chi connectivity index (χ1n) is 9.93. The lowest BCUT2D eigenvalue weighted by Crippen LogP contribution is -2.51. The molecule has 2 saturated heterocycles. The summed E-state index contributed by atoms with van der Waals surface area (Å²) in [6.07, 6.45) is 4.01. The van der Waals surface area contributed by atoms with E-state index in [2.05, 4.69) is 10.2 Å². The van der Waals surface area contributed by atoms with E-state index < -0.39 is 0 Å². The zero-order chi connectivity index (χ0) is 19.2. The van der Waals surface area contributed by atoms with Crippen molar-refractivity contribution >= 4 is 23.2 Å². The number of nitrogens with one attached hydrogen (secondary N) is 1. The van der Waals surface area contributed by atoms with Gasteiger partial charge in [0.1, 0.15) is 0 Å². The van der Waals surface area contributed by atoms with E-state index in [0.717, 1.165) is 57.4 Å². The minimum Gasteiger partial charge on any atom is -0.383 e. The van der Waals surface area contributed by atoms with Crippen molar-refractivity contribution in [3.63, 3.8) is 0 Å². The minimum atomic E-state index is 0.0732. The standard InChI is InChI=1S/C20H31N3O3S/c1-15-12-17(14-27-15)20(25)22-9-5-18(6-10-22)23-8-3-4-16(13-23)19(24)21-7-11-26-2/h12,14,16,18H,3-11,13H2,1-2H3,(H,21,24)/t16-/m1/s1. The van der Waals surface area contributed by atoms with Crippen LogP contribution in [0.1, 0.15) is 40.9 Å². The van der Waals surface area contributed by atoms with Gasteiger partial charge in [0.05, 0.1) is 18.1 Å². The van der Waals surface area contributed by atoms with Gasteiger partial charge in [-0.3, -0.25) is 14.5 Å². The van der Waals surface area contributed by atoms with E-state index in [4.69, 9.17) is 4.74 Å². The Balaban J connectivity index is 1.47. The molecule has 2 fully saturated rings. The lowest BCUT2D eigenvalue weighted by molar-refractivity contribution is -0.127. The normalized spacial score (nSPS) is 22.0. The first-order valence-corrected chi connectivity index (χ1v) is 10.8. The first kappa shape index (κ1) is 20.3. The fourth-order valence-electron chi connectivity index (χ4n) is 4.14. The highest BCUT2D eigenvalue weighted by Crippen LogP contribution is 2.25. The molecule has 3 rings (SSSR count). The number of methoxy groups -OCH3 is 1. The molecule has 3 heterocycles. The summed E-state index contributed by atoms with van der Waals surface area (Å²) in [5.41, 5.74) is 0.821. The molecule has 1 aromatic heterocycles. The van der Waals surface area contributed by atoms with Gasteiger partial charge in [-0.25, -0.2) is 0 Å². The molecule has 150 valence electrons. The van der Waals surface area contributed by atoms with Gasteiger partial charge < -0.3 is 15.0 Å². The molecular formula is C20H31N3O3S. The van der Waals surface area contributed by atoms with Crippen LogP contribution >= 0.6 is 11.3 Å². The van der Waals surface area contributed by atoms with Gasteiger partial charge >= 0.3 is 0 Å². The van der Waals surface area contributed by atoms with Crippen LogP contribution in [-0.4, -0.2) is 74.1 Å². The molecule has 1 atom stereocenters. The quantitative estimate of drug-likeness (QED) is 0.752. The highest BCUT2D eigenvalue weighted by Gasteiger charge is 2.32. The van der Waals surface area contributed by atoms with Crippen LogP contribution in [0.4, 0.5) is 0 Å². The second kappa shape index (κ2) is 9.66. The van der Waals surface area contributed by atoms with E-state index in [-0.39, 0.29) is 17.7 Å². The smallest absolute Gasteiger partial charge is 0.254 e. The Morgan fingerprint density at radius 2 is 2.04 bits per heavy atom. The summed E-state index contributed by atoms with van der Waals surface area (Å²) in [4.78, 5) is 30.6. The van der Waals surface area contributed by atoms with Crippen molar-refractivity contribution in [1.29, 1.82) is 0 Å². The number of hydrogen-bond donors (Lipinski definition) is 1. The van der Waals surface area contributed by atoms with Crippen LogP contribution in [0.15, 0.2) is 11.4 Å². The molecular weight excluding hydrogens is 362 g/mol. The lowest BCUT2D eigenvalue weighted by Gasteiger charge is -2.42. The summed E-state index contributed by atoms with van der Waals surface area (Å²) in [7, 11) is 1.64. The molecule has 27 heavy (non-hydrogen) atoms.